The van der Waals surface area contributed by atoms with Gasteiger partial charge < -0.3 is 14.6 Å². The van der Waals surface area contributed by atoms with Gasteiger partial charge in [-0.15, -0.1) is 0 Å². The Hall–Kier alpha value is -1.39. The summed E-state index contributed by atoms with van der Waals surface area (Å²) in [5.74, 6) is 1.10. The van der Waals surface area contributed by atoms with Crippen LogP contribution in [0.5, 0.6) is 0 Å². The molecule has 1 N–H and O–H groups in total. The van der Waals surface area contributed by atoms with E-state index in [1.807, 2.05) is 0 Å². The van der Waals surface area contributed by atoms with Gasteiger partial charge in [-0.2, -0.15) is 0 Å². The number of aromatic nitrogens is 2. The number of piperidine rings is 1. The molecule has 0 spiro atoms. The van der Waals surface area contributed by atoms with Gasteiger partial charge in [0, 0.05) is 26.1 Å². The fourth-order valence-corrected chi connectivity index (χ4v) is 3.38. The smallest absolute Gasteiger partial charge is 0.108 e. The Kier molecular flexibility index (Phi) is 5.34. The first-order chi connectivity index (χ1) is 11.2. The summed E-state index contributed by atoms with van der Waals surface area (Å²) in [7, 11) is 0. The van der Waals surface area contributed by atoms with Crippen LogP contribution in [-0.4, -0.2) is 47.2 Å². The van der Waals surface area contributed by atoms with Crippen molar-refractivity contribution in [2.45, 2.75) is 52.6 Å². The number of H-pyrrole nitrogens is 1. The normalized spacial score (nSPS) is 19.5. The van der Waals surface area contributed by atoms with Gasteiger partial charge in [0.25, 0.3) is 0 Å². The lowest BCUT2D eigenvalue weighted by atomic mass is 10.1. The Labute approximate surface area is 139 Å². The zero-order valence-corrected chi connectivity index (χ0v) is 14.7. The lowest BCUT2D eigenvalue weighted by molar-refractivity contribution is 0.000223. The number of hydrogen-bond acceptors (Lipinski definition) is 3. The zero-order valence-electron chi connectivity index (χ0n) is 14.7. The molecule has 4 nitrogen and oxygen atoms in total. The number of hydrogen-bond donors (Lipinski definition) is 1. The second kappa shape index (κ2) is 7.45. The summed E-state index contributed by atoms with van der Waals surface area (Å²) in [4.78, 5) is 10.8. The lowest BCUT2D eigenvalue weighted by Gasteiger charge is -2.32. The highest BCUT2D eigenvalue weighted by atomic mass is 16.5. The van der Waals surface area contributed by atoms with Crippen molar-refractivity contribution in [3.8, 4) is 0 Å². The summed E-state index contributed by atoms with van der Waals surface area (Å²) in [6, 6.07) is 4.31. The van der Waals surface area contributed by atoms with Crippen LogP contribution in [0.1, 0.15) is 43.1 Å². The topological polar surface area (TPSA) is 41.1 Å². The number of ether oxygens (including phenoxy) is 1. The van der Waals surface area contributed by atoms with Gasteiger partial charge in [-0.25, -0.2) is 4.98 Å². The first-order valence-electron chi connectivity index (χ1n) is 8.96. The maximum atomic E-state index is 5.93. The maximum Gasteiger partial charge on any atom is 0.108 e. The number of imidazole rings is 1. The highest BCUT2D eigenvalue weighted by Crippen LogP contribution is 2.20. The molecule has 1 aromatic heterocycles. The van der Waals surface area contributed by atoms with Gasteiger partial charge in [0.05, 0.1) is 17.1 Å². The van der Waals surface area contributed by atoms with Crippen LogP contribution in [0, 0.1) is 13.8 Å². The van der Waals surface area contributed by atoms with Gasteiger partial charge in [0.2, 0.25) is 0 Å². The third kappa shape index (κ3) is 3.93. The minimum atomic E-state index is 0.421. The van der Waals surface area contributed by atoms with E-state index in [0.717, 1.165) is 49.4 Å². The van der Waals surface area contributed by atoms with Crippen LogP contribution in [0.15, 0.2) is 12.1 Å². The molecule has 0 saturated carbocycles. The Morgan fingerprint density at radius 3 is 3.04 bits per heavy atom. The average Bonchev–Trinajstić information content (AvgIpc) is 2.99. The molecule has 1 aromatic carbocycles. The van der Waals surface area contributed by atoms with Gasteiger partial charge >= 0.3 is 0 Å². The minimum absolute atomic E-state index is 0.421. The Balaban J connectivity index is 1.58. The van der Waals surface area contributed by atoms with E-state index >= 15 is 0 Å². The van der Waals surface area contributed by atoms with Crippen molar-refractivity contribution in [1.82, 2.24) is 14.9 Å². The number of rotatable bonds is 6. The summed E-state index contributed by atoms with van der Waals surface area (Å²) < 4.78 is 5.93. The molecule has 4 heteroatoms. The monoisotopic (exact) mass is 315 g/mol. The number of likely N-dealkylation sites (tertiary alicyclic amines) is 1. The number of nitrogens with zero attached hydrogens (tertiary/aromatic N) is 2. The minimum Gasteiger partial charge on any atom is -0.377 e. The van der Waals surface area contributed by atoms with Crippen LogP contribution >= 0.6 is 0 Å². The van der Waals surface area contributed by atoms with E-state index in [9.17, 15) is 0 Å². The van der Waals surface area contributed by atoms with E-state index in [4.69, 9.17) is 9.72 Å². The molecule has 23 heavy (non-hydrogen) atoms. The molecule has 0 radical (unpaired) electrons. The summed E-state index contributed by atoms with van der Waals surface area (Å²) >= 11 is 0. The van der Waals surface area contributed by atoms with Crippen molar-refractivity contribution in [2.24, 2.45) is 0 Å². The molecule has 2 aromatic rings. The maximum absolute atomic E-state index is 5.93. The average molecular weight is 315 g/mol. The Bertz CT molecular complexity index is 649. The molecule has 0 aliphatic carbocycles. The summed E-state index contributed by atoms with van der Waals surface area (Å²) in [5, 5.41) is 0. The first kappa shape index (κ1) is 16.5. The number of fused-ring (bicyclic) bond motifs is 1. The van der Waals surface area contributed by atoms with Crippen molar-refractivity contribution in [1.29, 1.82) is 0 Å². The van der Waals surface area contributed by atoms with Crippen molar-refractivity contribution in [2.75, 3.05) is 26.2 Å². The van der Waals surface area contributed by atoms with Gasteiger partial charge in [-0.1, -0.05) is 13.0 Å². The van der Waals surface area contributed by atoms with Crippen molar-refractivity contribution in [3.63, 3.8) is 0 Å². The summed E-state index contributed by atoms with van der Waals surface area (Å²) in [6.07, 6.45) is 4.96. The fourth-order valence-electron chi connectivity index (χ4n) is 3.38. The third-order valence-corrected chi connectivity index (χ3v) is 4.91. The SMILES string of the molecule is CCCOC1CCCN(CCc2nc3c(C)c(C)ccc3[nH]2)C1. The number of nitrogens with one attached hydrogen (secondary N) is 1. The molecule has 1 unspecified atom stereocenters. The van der Waals surface area contributed by atoms with Crippen LogP contribution in [0.4, 0.5) is 0 Å². The van der Waals surface area contributed by atoms with Gasteiger partial charge in [0.15, 0.2) is 0 Å². The molecule has 1 aliphatic rings. The van der Waals surface area contributed by atoms with Crippen molar-refractivity contribution in [3.05, 3.63) is 29.1 Å². The second-order valence-electron chi connectivity index (χ2n) is 6.77. The molecular formula is C19H29N3O. The van der Waals surface area contributed by atoms with Crippen LogP contribution in [0.2, 0.25) is 0 Å². The molecule has 1 aliphatic heterocycles. The van der Waals surface area contributed by atoms with Crippen LogP contribution in [0.3, 0.4) is 0 Å². The molecule has 2 heterocycles. The van der Waals surface area contributed by atoms with Gasteiger partial charge in [-0.3, -0.25) is 0 Å². The predicted octanol–water partition coefficient (Wildman–Crippen LogP) is 3.61. The summed E-state index contributed by atoms with van der Waals surface area (Å²) in [5.41, 5.74) is 4.88. The number of benzene rings is 1. The van der Waals surface area contributed by atoms with E-state index in [1.165, 1.54) is 30.5 Å². The number of aryl methyl sites for hydroxylation is 2. The van der Waals surface area contributed by atoms with Gasteiger partial charge in [-0.05, 0) is 56.8 Å². The van der Waals surface area contributed by atoms with E-state index in [2.05, 4.69) is 42.8 Å². The highest BCUT2D eigenvalue weighted by Gasteiger charge is 2.20. The molecule has 3 rings (SSSR count). The fraction of sp³-hybridized carbons (Fsp3) is 0.632. The van der Waals surface area contributed by atoms with Crippen molar-refractivity contribution < 1.29 is 4.74 Å². The van der Waals surface area contributed by atoms with E-state index in [0.29, 0.717) is 6.10 Å². The Morgan fingerprint density at radius 1 is 1.35 bits per heavy atom. The summed E-state index contributed by atoms with van der Waals surface area (Å²) in [6.45, 7) is 10.7. The van der Waals surface area contributed by atoms with Crippen LogP contribution in [-0.2, 0) is 11.2 Å². The lowest BCUT2D eigenvalue weighted by Crippen LogP contribution is -2.40. The highest BCUT2D eigenvalue weighted by molar-refractivity contribution is 5.79. The second-order valence-corrected chi connectivity index (χ2v) is 6.77. The number of aromatic amines is 1. The molecule has 0 amide bonds. The molecule has 1 atom stereocenters. The third-order valence-electron chi connectivity index (χ3n) is 4.91. The Morgan fingerprint density at radius 2 is 2.22 bits per heavy atom. The van der Waals surface area contributed by atoms with Crippen LogP contribution < -0.4 is 0 Å². The largest absolute Gasteiger partial charge is 0.377 e. The molecule has 0 bridgehead atoms. The first-order valence-corrected chi connectivity index (χ1v) is 8.96. The standard InChI is InChI=1S/C19H29N3O/c1-4-12-23-16-6-5-10-22(13-16)11-9-18-20-17-8-7-14(2)15(3)19(17)21-18/h7-8,16H,4-6,9-13H2,1-3H3,(H,20,21). The zero-order chi connectivity index (χ0) is 16.2. The quantitative estimate of drug-likeness (QED) is 0.885. The molecular weight excluding hydrogens is 286 g/mol. The van der Waals surface area contributed by atoms with E-state index in [1.54, 1.807) is 0 Å². The molecule has 1 fully saturated rings. The van der Waals surface area contributed by atoms with E-state index < -0.39 is 0 Å². The van der Waals surface area contributed by atoms with E-state index in [-0.39, 0.29) is 0 Å². The van der Waals surface area contributed by atoms with Gasteiger partial charge in [0.1, 0.15) is 5.82 Å². The van der Waals surface area contributed by atoms with Crippen LogP contribution in [0.25, 0.3) is 11.0 Å². The van der Waals surface area contributed by atoms with Crippen molar-refractivity contribution >= 4 is 11.0 Å². The predicted molar refractivity (Wildman–Crippen MR) is 95.0 cm³/mol. The molecule has 126 valence electrons. The molecule has 1 saturated heterocycles.